The smallest absolute Gasteiger partial charge is 0.206 e. The number of halogens is 1. The van der Waals surface area contributed by atoms with Gasteiger partial charge in [-0.25, -0.2) is 0 Å². The third-order valence-corrected chi connectivity index (χ3v) is 7.22. The number of hydrazine groups is 2. The maximum atomic E-state index is 12.2. The molecular weight excluding hydrogens is 526 g/mol. The molecule has 40 heavy (non-hydrogen) atoms. The van der Waals surface area contributed by atoms with Crippen molar-refractivity contribution in [2.75, 3.05) is 17.2 Å². The second kappa shape index (κ2) is 9.89. The van der Waals surface area contributed by atoms with E-state index in [1.165, 1.54) is 6.20 Å². The largest absolute Gasteiger partial charge is 0.383 e. The van der Waals surface area contributed by atoms with Crippen LogP contribution in [0.3, 0.4) is 0 Å². The first kappa shape index (κ1) is 27.1. The Bertz CT molecular complexity index is 1650. The second-order valence-electron chi connectivity index (χ2n) is 11.2. The van der Waals surface area contributed by atoms with E-state index < -0.39 is 11.3 Å². The lowest BCUT2D eigenvalue weighted by molar-refractivity contribution is 0.0982. The van der Waals surface area contributed by atoms with Crippen LogP contribution in [0, 0.1) is 39.4 Å². The highest BCUT2D eigenvalue weighted by Crippen LogP contribution is 2.43. The van der Waals surface area contributed by atoms with E-state index in [-0.39, 0.29) is 5.41 Å². The quantitative estimate of drug-likeness (QED) is 0.263. The van der Waals surface area contributed by atoms with Crippen molar-refractivity contribution >= 4 is 33.9 Å². The molecule has 5 N–H and O–H groups in total. The minimum atomic E-state index is -1.86. The Labute approximate surface area is 237 Å². The van der Waals surface area contributed by atoms with E-state index in [2.05, 4.69) is 65.6 Å². The van der Waals surface area contributed by atoms with Crippen molar-refractivity contribution in [3.05, 3.63) is 76.2 Å². The number of nitrogens with one attached hydrogen (secondary N) is 4. The van der Waals surface area contributed by atoms with Crippen LogP contribution in [-0.2, 0) is 5.72 Å². The number of aromatic nitrogens is 1. The summed E-state index contributed by atoms with van der Waals surface area (Å²) in [6, 6.07) is 16.7. The average Bonchev–Trinajstić information content (AvgIpc) is 3.57. The maximum Gasteiger partial charge on any atom is 0.206 e. The summed E-state index contributed by atoms with van der Waals surface area (Å²) in [5, 5.41) is 50.4. The fourth-order valence-electron chi connectivity index (χ4n) is 4.53. The summed E-state index contributed by atoms with van der Waals surface area (Å²) in [4.78, 5) is 4.41. The van der Waals surface area contributed by atoms with Crippen LogP contribution >= 0.6 is 11.6 Å². The predicted octanol–water partition coefficient (Wildman–Crippen LogP) is 4.57. The molecule has 1 saturated carbocycles. The molecule has 5 rings (SSSR count). The summed E-state index contributed by atoms with van der Waals surface area (Å²) < 4.78 is 0. The van der Waals surface area contributed by atoms with Gasteiger partial charge in [0.05, 0.1) is 39.5 Å². The molecule has 0 saturated heterocycles. The lowest BCUT2D eigenvalue weighted by Crippen LogP contribution is -2.47. The lowest BCUT2D eigenvalue weighted by atomic mass is 9.96. The molecule has 1 aliphatic carbocycles. The average molecular weight is 554 g/mol. The number of fused-ring (bicyclic) bond motifs is 1. The van der Waals surface area contributed by atoms with E-state index in [4.69, 9.17) is 11.6 Å². The minimum absolute atomic E-state index is 0.0597. The first-order valence-electron chi connectivity index (χ1n) is 12.7. The van der Waals surface area contributed by atoms with Gasteiger partial charge in [-0.2, -0.15) is 15.8 Å². The molecule has 0 spiro atoms. The van der Waals surface area contributed by atoms with Crippen LogP contribution in [0.25, 0.3) is 10.9 Å². The van der Waals surface area contributed by atoms with Crippen LogP contribution in [0.4, 0.5) is 11.4 Å². The zero-order chi connectivity index (χ0) is 28.7. The van der Waals surface area contributed by atoms with Gasteiger partial charge in [0.25, 0.3) is 0 Å². The molecule has 0 unspecified atom stereocenters. The van der Waals surface area contributed by atoms with Gasteiger partial charge in [0.2, 0.25) is 5.72 Å². The first-order chi connectivity index (χ1) is 19.0. The van der Waals surface area contributed by atoms with Crippen molar-refractivity contribution in [1.29, 1.82) is 15.8 Å². The third-order valence-electron chi connectivity index (χ3n) is 6.93. The van der Waals surface area contributed by atoms with Gasteiger partial charge in [-0.3, -0.25) is 9.99 Å². The number of nitrogens with zero attached hydrogens (tertiary/aromatic N) is 5. The summed E-state index contributed by atoms with van der Waals surface area (Å²) in [6.07, 6.45) is 4.52. The number of aliphatic hydroxyl groups is 1. The number of hydrogen-bond acceptors (Lipinski definition) is 10. The number of anilines is 2. The molecule has 2 aliphatic rings. The number of nitriles is 3. The van der Waals surface area contributed by atoms with E-state index in [0.29, 0.717) is 69.1 Å². The standard InChI is InChI=1S/C29H28ClN9O/c1-27(2,3)17-35-25-19(13-32)14-34-26-22(25)10-21(11-23(26)30)36-29(40,20-6-4-5-18(9-20)12-31)24-15-39(38-37-24)28(16-33)7-8-28/h4-6,9-11,14-15,36-38,40H,7-8,17H2,1-3H3,(H,34,35)/t29-/m0/s1. The number of rotatable bonds is 7. The van der Waals surface area contributed by atoms with Crippen LogP contribution in [0.15, 0.2) is 54.5 Å². The van der Waals surface area contributed by atoms with Gasteiger partial charge in [0.1, 0.15) is 17.3 Å². The predicted molar refractivity (Wildman–Crippen MR) is 152 cm³/mol. The Morgan fingerprint density at radius 3 is 2.58 bits per heavy atom. The molecule has 1 aromatic heterocycles. The summed E-state index contributed by atoms with van der Waals surface area (Å²) in [7, 11) is 0. The zero-order valence-corrected chi connectivity index (χ0v) is 23.1. The second-order valence-corrected chi connectivity index (χ2v) is 11.7. The van der Waals surface area contributed by atoms with Crippen LogP contribution in [0.1, 0.15) is 50.3 Å². The molecule has 1 fully saturated rings. The Morgan fingerprint density at radius 2 is 1.93 bits per heavy atom. The van der Waals surface area contributed by atoms with Crippen molar-refractivity contribution in [3.63, 3.8) is 0 Å². The van der Waals surface area contributed by atoms with E-state index in [9.17, 15) is 20.9 Å². The molecule has 2 heterocycles. The molecule has 202 valence electrons. The number of benzene rings is 2. The Hall–Kier alpha value is -4.53. The monoisotopic (exact) mass is 553 g/mol. The van der Waals surface area contributed by atoms with Crippen molar-refractivity contribution in [3.8, 4) is 18.2 Å². The van der Waals surface area contributed by atoms with Crippen molar-refractivity contribution in [1.82, 2.24) is 21.0 Å². The highest BCUT2D eigenvalue weighted by molar-refractivity contribution is 6.35. The Kier molecular flexibility index (Phi) is 6.69. The van der Waals surface area contributed by atoms with Gasteiger partial charge in [-0.15, -0.1) is 5.53 Å². The van der Waals surface area contributed by atoms with Gasteiger partial charge in [0.15, 0.2) is 0 Å². The summed E-state index contributed by atoms with van der Waals surface area (Å²) >= 11 is 6.69. The lowest BCUT2D eigenvalue weighted by Gasteiger charge is -2.32. The summed E-state index contributed by atoms with van der Waals surface area (Å²) in [5.41, 5.74) is 6.33. The van der Waals surface area contributed by atoms with Crippen molar-refractivity contribution < 1.29 is 5.11 Å². The number of hydrogen-bond donors (Lipinski definition) is 5. The normalized spacial score (nSPS) is 17.1. The molecular formula is C29H28ClN9O. The third kappa shape index (κ3) is 4.95. The van der Waals surface area contributed by atoms with Gasteiger partial charge in [-0.05, 0) is 42.5 Å². The number of pyridine rings is 1. The maximum absolute atomic E-state index is 12.2. The molecule has 1 atom stereocenters. The molecule has 3 aromatic rings. The highest BCUT2D eigenvalue weighted by Gasteiger charge is 2.51. The topological polar surface area (TPSA) is 156 Å². The van der Waals surface area contributed by atoms with Crippen molar-refractivity contribution in [2.24, 2.45) is 5.41 Å². The van der Waals surface area contributed by atoms with Crippen LogP contribution in [-0.4, -0.2) is 27.2 Å². The first-order valence-corrected chi connectivity index (χ1v) is 13.1. The Balaban J connectivity index is 1.63. The zero-order valence-electron chi connectivity index (χ0n) is 22.3. The molecule has 1 aliphatic heterocycles. The Morgan fingerprint density at radius 1 is 1.15 bits per heavy atom. The van der Waals surface area contributed by atoms with Crippen molar-refractivity contribution in [2.45, 2.75) is 44.9 Å². The fraction of sp³-hybridized carbons (Fsp3) is 0.310. The van der Waals surface area contributed by atoms with Gasteiger partial charge in [0, 0.05) is 35.6 Å². The SMILES string of the molecule is CC(C)(C)CNc1c(C#N)cnc2c(Cl)cc(N[C@@](O)(C3=CN(C4(C#N)CC4)NN3)c3cccc(C#N)c3)cc12. The molecule has 2 aromatic carbocycles. The van der Waals surface area contributed by atoms with E-state index in [0.717, 1.165) is 0 Å². The van der Waals surface area contributed by atoms with Crippen LogP contribution in [0.2, 0.25) is 5.02 Å². The summed E-state index contributed by atoms with van der Waals surface area (Å²) in [5.74, 6) is 0. The van der Waals surface area contributed by atoms with Crippen LogP contribution < -0.4 is 21.6 Å². The van der Waals surface area contributed by atoms with Gasteiger partial charge < -0.3 is 21.2 Å². The highest BCUT2D eigenvalue weighted by atomic mass is 35.5. The van der Waals surface area contributed by atoms with Gasteiger partial charge in [-0.1, -0.05) is 44.5 Å². The van der Waals surface area contributed by atoms with Gasteiger partial charge >= 0.3 is 0 Å². The van der Waals surface area contributed by atoms with E-state index in [1.54, 1.807) is 47.6 Å². The summed E-state index contributed by atoms with van der Waals surface area (Å²) in [6.45, 7) is 6.85. The molecule has 0 amide bonds. The van der Waals surface area contributed by atoms with E-state index in [1.807, 2.05) is 0 Å². The van der Waals surface area contributed by atoms with E-state index >= 15 is 0 Å². The molecule has 0 bridgehead atoms. The molecule has 10 nitrogen and oxygen atoms in total. The fourth-order valence-corrected chi connectivity index (χ4v) is 4.80. The molecule has 11 heteroatoms. The molecule has 0 radical (unpaired) electrons. The van der Waals surface area contributed by atoms with Crippen LogP contribution in [0.5, 0.6) is 0 Å². The minimum Gasteiger partial charge on any atom is -0.383 e.